The number of carbonyl (C=O) groups is 6. The summed E-state index contributed by atoms with van der Waals surface area (Å²) < 4.78 is 86.8. The molecule has 2 amide bonds. The summed E-state index contributed by atoms with van der Waals surface area (Å²) in [5, 5.41) is 44.6. The number of esters is 2. The Balaban J connectivity index is 0.000000335. The predicted octanol–water partition coefficient (Wildman–Crippen LogP) is 9.92. The summed E-state index contributed by atoms with van der Waals surface area (Å²) in [6.45, 7) is 26.6. The van der Waals surface area contributed by atoms with Crippen molar-refractivity contribution in [2.75, 3.05) is 151 Å². The zero-order valence-electron chi connectivity index (χ0n) is 78.0. The molecule has 718 valence electrons. The zero-order chi connectivity index (χ0) is 92.9. The fourth-order valence-electron chi connectivity index (χ4n) is 17.5. The first-order valence-electron chi connectivity index (χ1n) is 46.3. The molecule has 2 aromatic carbocycles. The smallest absolute Gasteiger partial charge is 0.329 e. The highest BCUT2D eigenvalue weighted by Gasteiger charge is 2.53. The molecule has 8 N–H and O–H groups in total. The van der Waals surface area contributed by atoms with E-state index in [4.69, 9.17) is 87.6 Å². The molecule has 4 aromatic rings. The van der Waals surface area contributed by atoms with Crippen LogP contribution in [0.4, 0.5) is 11.5 Å². The fourth-order valence-corrected chi connectivity index (χ4v) is 17.5. The number of nitrogens with one attached hydrogen (secondary N) is 1. The second-order valence-electron chi connectivity index (χ2n) is 34.7. The van der Waals surface area contributed by atoms with Crippen molar-refractivity contribution in [2.24, 2.45) is 41.2 Å². The molecule has 1 saturated carbocycles. The molecular formula is C96H145N9O24. The van der Waals surface area contributed by atoms with Gasteiger partial charge in [-0.1, -0.05) is 89.3 Å². The molecule has 6 aliphatic rings. The molecule has 2 aromatic heterocycles. The van der Waals surface area contributed by atoms with Gasteiger partial charge in [-0.3, -0.25) is 29.7 Å². The molecule has 10 rings (SSSR count). The number of Topliss-reactive ketones (excluding diaryl/α,β-unsaturated/α-hetero) is 2. The molecule has 129 heavy (non-hydrogen) atoms. The topological polar surface area (TPSA) is 416 Å². The number of ketones is 2. The quantitative estimate of drug-likeness (QED) is 0.0105. The molecular weight excluding hydrogens is 1660 g/mol. The summed E-state index contributed by atoms with van der Waals surface area (Å²) in [6, 6.07) is 10.9. The number of rotatable bonds is 39. The minimum Gasteiger partial charge on any atom is -0.460 e. The molecule has 5 aliphatic heterocycles. The molecule has 2 bridgehead atoms. The summed E-state index contributed by atoms with van der Waals surface area (Å²) in [5.41, 5.74) is 19.9. The van der Waals surface area contributed by atoms with Gasteiger partial charge in [0.05, 0.1) is 134 Å². The van der Waals surface area contributed by atoms with Gasteiger partial charge in [-0.2, -0.15) is 5.10 Å². The van der Waals surface area contributed by atoms with Crippen LogP contribution in [0.1, 0.15) is 175 Å². The number of hydrogen-bond acceptors (Lipinski definition) is 30. The van der Waals surface area contributed by atoms with Crippen molar-refractivity contribution in [1.82, 2.24) is 29.5 Å². The number of nitrogen functional groups attached to an aromatic ring is 1. The monoisotopic (exact) mass is 1810 g/mol. The number of amides is 2. The molecule has 2 unspecified atom stereocenters. The number of fused-ring (bicyclic) bond motifs is 6. The summed E-state index contributed by atoms with van der Waals surface area (Å²) in [4.78, 5) is 95.0. The minimum absolute atomic E-state index is 0.00598. The lowest BCUT2D eigenvalue weighted by molar-refractivity contribution is -0.265. The summed E-state index contributed by atoms with van der Waals surface area (Å²) in [5.74, 6) is -6.89. The first-order valence-corrected chi connectivity index (χ1v) is 46.3. The van der Waals surface area contributed by atoms with Crippen LogP contribution < -0.4 is 21.5 Å². The average molecular weight is 1810 g/mol. The van der Waals surface area contributed by atoms with Gasteiger partial charge >= 0.3 is 11.9 Å². The van der Waals surface area contributed by atoms with Crippen molar-refractivity contribution < 1.29 is 115 Å². The number of aliphatic hydroxyl groups is 3. The van der Waals surface area contributed by atoms with E-state index in [0.29, 0.717) is 230 Å². The highest BCUT2D eigenvalue weighted by molar-refractivity contribution is 6.39. The molecule has 7 heterocycles. The first-order chi connectivity index (χ1) is 62.2. The summed E-state index contributed by atoms with van der Waals surface area (Å²) >= 11 is 0. The van der Waals surface area contributed by atoms with Gasteiger partial charge in [-0.05, 0) is 169 Å². The third kappa shape index (κ3) is 31.5. The Labute approximate surface area is 760 Å². The zero-order valence-corrected chi connectivity index (χ0v) is 78.0. The average Bonchev–Trinajstić information content (AvgIpc) is 1.65. The number of cyclic esters (lactones) is 1. The normalized spacial score (nSPS) is 27.5. The van der Waals surface area contributed by atoms with Gasteiger partial charge in [0.25, 0.3) is 11.7 Å². The number of aliphatic hydroxyl groups excluding tert-OH is 2. The molecule has 17 atom stereocenters. The maximum Gasteiger partial charge on any atom is 0.329 e. The number of ether oxygens (including phenoxy) is 15. The third-order valence-electron chi connectivity index (χ3n) is 25.0. The Bertz CT molecular complexity index is 4300. The van der Waals surface area contributed by atoms with Crippen LogP contribution in [0, 0.1) is 35.5 Å². The molecule has 33 nitrogen and oxygen atoms in total. The number of nitrogens with two attached hydrogens (primary N) is 2. The Morgan fingerprint density at radius 1 is 0.705 bits per heavy atom. The molecule has 1 aliphatic carbocycles. The number of carbonyl (C=O) groups excluding carboxylic acids is 6. The van der Waals surface area contributed by atoms with Gasteiger partial charge in [-0.25, -0.2) is 19.4 Å². The van der Waals surface area contributed by atoms with E-state index in [9.17, 15) is 44.1 Å². The summed E-state index contributed by atoms with van der Waals surface area (Å²) in [6.07, 6.45) is 13.1. The SMILES string of the molecule is CCOCCOCCOCCOCCC(=O)N1CCc2cc(Cn3nc(-c4ccc5c(c4)NC(N)O5)c4c(N)ncnc43)ccc2C1.CCOCCOCCOCCOCCCC(=O)O[C@@H]1CC[C@@H](C[C@@H](C)C(O)C[C@H]2OC(=O)[C@@H]3CCCCN3C(=O)C(=O)[C@]3(O)O[C@@H](CC[C@H]3C)C[C@H](OC)/C(C)=C/C=C/C=C/[C@@H](C)C[C@@H](C)C(=O)[C@H](OC)[C@H](O)/C(C)=C/[C@H]2C)C[C@H]1OC. The van der Waals surface area contributed by atoms with E-state index in [1.807, 2.05) is 99.7 Å². The second-order valence-corrected chi connectivity index (χ2v) is 34.7. The molecule has 2 saturated heterocycles. The third-order valence-corrected chi connectivity index (χ3v) is 25.0. The largest absolute Gasteiger partial charge is 0.460 e. The number of methoxy groups -OCH3 is 3. The maximum atomic E-state index is 14.6. The number of hydrogen-bond donors (Lipinski definition) is 6. The second kappa shape index (κ2) is 54.2. The Morgan fingerprint density at radius 3 is 2.06 bits per heavy atom. The number of aromatic nitrogens is 4. The Hall–Kier alpha value is -8.07. The predicted molar refractivity (Wildman–Crippen MR) is 484 cm³/mol. The van der Waals surface area contributed by atoms with Gasteiger partial charge < -0.3 is 107 Å². The van der Waals surface area contributed by atoms with E-state index in [1.54, 1.807) is 41.1 Å². The van der Waals surface area contributed by atoms with Crippen LogP contribution in [0.15, 0.2) is 90.3 Å². The van der Waals surface area contributed by atoms with Crippen LogP contribution in [0.2, 0.25) is 0 Å². The van der Waals surface area contributed by atoms with Gasteiger partial charge in [0.15, 0.2) is 11.4 Å². The standard InChI is InChI=1S/C63H103NO18.C33H42N8O6/c1-12-76-29-30-78-33-34-79-32-31-77-28-18-22-56(66)80-52-26-24-48(38-55(52)74-10)37-43(4)51(65)40-54-44(5)36-46(7)58(68)59(75-11)57(67)45(6)35-41(2)19-14-13-15-20-42(3)53(73-9)39-49-25-23-47(8)63(72,82-49)60(69)61(70)64-27-17-16-21-50(64)62(71)81-54;1-2-43-11-12-45-15-16-46-14-13-44-10-8-28(42)40-9-7-23-17-22(3-4-25(23)20-40)19-41-32-29(31(34)36-21-37-32)30(39-41)24-5-6-27-26(18-24)38-33(35)47-27/h13-15,19-20,36,41,43-45,47-55,58-59,65,68,72H,12,16-18,21-35,37-40H2,1-11H3;3-6,17-18,21,33,38H,2,7-16,19-20,35H2,1H3,(H2,34,36,37)/b15-13+,19-14+,42-20+,46-36+;/t41-,43-,44-,45-,47-,48+,49+,50+,51?,52-,53+,54-,55-,58-,59+,63-;/m1./s1. The highest BCUT2D eigenvalue weighted by Crippen LogP contribution is 2.41. The lowest BCUT2D eigenvalue weighted by Gasteiger charge is -2.42. The fraction of sp³-hybridized carbons (Fsp3) is 0.677. The van der Waals surface area contributed by atoms with E-state index < -0.39 is 96.3 Å². The van der Waals surface area contributed by atoms with Crippen LogP contribution in [-0.2, 0) is 115 Å². The Kier molecular flexibility index (Phi) is 44.0. The summed E-state index contributed by atoms with van der Waals surface area (Å²) in [7, 11) is 4.56. The molecule has 33 heteroatoms. The van der Waals surface area contributed by atoms with Crippen molar-refractivity contribution in [3.8, 4) is 17.0 Å². The van der Waals surface area contributed by atoms with Crippen molar-refractivity contribution >= 4 is 57.9 Å². The number of nitrogens with zero attached hydrogens (tertiary/aromatic N) is 6. The van der Waals surface area contributed by atoms with Crippen molar-refractivity contribution in [3.05, 3.63) is 107 Å². The van der Waals surface area contributed by atoms with Crippen LogP contribution in [0.3, 0.4) is 0 Å². The van der Waals surface area contributed by atoms with Crippen LogP contribution in [0.25, 0.3) is 22.3 Å². The molecule has 0 radical (unpaired) electrons. The molecule has 3 fully saturated rings. The van der Waals surface area contributed by atoms with Crippen molar-refractivity contribution in [3.63, 3.8) is 0 Å². The minimum atomic E-state index is -2.45. The van der Waals surface area contributed by atoms with E-state index in [2.05, 4.69) is 33.5 Å². The number of benzene rings is 2. The maximum absolute atomic E-state index is 14.6. The first kappa shape index (κ1) is 105. The van der Waals surface area contributed by atoms with E-state index in [-0.39, 0.29) is 67.3 Å². The van der Waals surface area contributed by atoms with Crippen LogP contribution in [0.5, 0.6) is 5.75 Å². The van der Waals surface area contributed by atoms with Gasteiger partial charge in [0.2, 0.25) is 18.0 Å². The lowest BCUT2D eigenvalue weighted by atomic mass is 9.78. The van der Waals surface area contributed by atoms with Gasteiger partial charge in [0.1, 0.15) is 54.0 Å². The van der Waals surface area contributed by atoms with Crippen LogP contribution in [-0.4, -0.2) is 287 Å². The van der Waals surface area contributed by atoms with Crippen LogP contribution >= 0.6 is 0 Å². The van der Waals surface area contributed by atoms with E-state index >= 15 is 0 Å². The number of piperidine rings is 1. The highest BCUT2D eigenvalue weighted by atomic mass is 16.6. The van der Waals surface area contributed by atoms with Crippen molar-refractivity contribution in [2.45, 2.75) is 245 Å². The lowest BCUT2D eigenvalue weighted by Crippen LogP contribution is -2.61. The Morgan fingerprint density at radius 2 is 1.39 bits per heavy atom. The van der Waals surface area contributed by atoms with Gasteiger partial charge in [-0.15, -0.1) is 0 Å². The van der Waals surface area contributed by atoms with E-state index in [1.165, 1.54) is 23.9 Å². The van der Waals surface area contributed by atoms with Crippen molar-refractivity contribution in [1.29, 1.82) is 0 Å². The van der Waals surface area contributed by atoms with Gasteiger partial charge in [0, 0.05) is 103 Å². The number of anilines is 2. The number of allylic oxidation sites excluding steroid dienone is 5. The molecule has 0 spiro atoms. The van der Waals surface area contributed by atoms with E-state index in [0.717, 1.165) is 40.8 Å².